The van der Waals surface area contributed by atoms with Gasteiger partial charge in [-0.1, -0.05) is 0 Å². The molecule has 0 aromatic heterocycles. The van der Waals surface area contributed by atoms with Gasteiger partial charge in [0.25, 0.3) is 0 Å². The van der Waals surface area contributed by atoms with Crippen molar-refractivity contribution in [3.63, 3.8) is 0 Å². The summed E-state index contributed by atoms with van der Waals surface area (Å²) in [5.41, 5.74) is 0.773. The Bertz CT molecular complexity index is 331. The van der Waals surface area contributed by atoms with Crippen LogP contribution in [0.15, 0.2) is 18.2 Å². The Morgan fingerprint density at radius 2 is 1.80 bits per heavy atom. The minimum atomic E-state index is -0.486. The SMILES string of the molecule is [CH2-][NH2+][C@@H]1CCC[C@@H]1c1cc(F)cc(F)c1. The molecule has 1 aromatic carbocycles. The van der Waals surface area contributed by atoms with Crippen LogP contribution >= 0.6 is 0 Å². The first-order valence-electron chi connectivity index (χ1n) is 5.29. The van der Waals surface area contributed by atoms with Crippen molar-refractivity contribution in [3.05, 3.63) is 42.4 Å². The van der Waals surface area contributed by atoms with E-state index in [1.165, 1.54) is 12.1 Å². The van der Waals surface area contributed by atoms with Gasteiger partial charge in [0.05, 0.1) is 6.04 Å². The van der Waals surface area contributed by atoms with Gasteiger partial charge in [0, 0.05) is 12.0 Å². The van der Waals surface area contributed by atoms with Gasteiger partial charge in [-0.25, -0.2) is 8.78 Å². The van der Waals surface area contributed by atoms with Crippen LogP contribution < -0.4 is 5.32 Å². The molecule has 1 saturated carbocycles. The molecule has 1 nitrogen and oxygen atoms in total. The summed E-state index contributed by atoms with van der Waals surface area (Å²) in [4.78, 5) is 0. The molecular weight excluding hydrogens is 196 g/mol. The third-order valence-electron chi connectivity index (χ3n) is 3.19. The van der Waals surface area contributed by atoms with Gasteiger partial charge in [-0.15, -0.1) is 0 Å². The highest BCUT2D eigenvalue weighted by Gasteiger charge is 2.29. The van der Waals surface area contributed by atoms with Gasteiger partial charge in [-0.3, -0.25) is 0 Å². The summed E-state index contributed by atoms with van der Waals surface area (Å²) in [6.07, 6.45) is 3.19. The zero-order valence-corrected chi connectivity index (χ0v) is 8.55. The Labute approximate surface area is 88.5 Å². The monoisotopic (exact) mass is 211 g/mol. The van der Waals surface area contributed by atoms with Crippen LogP contribution in [0.1, 0.15) is 30.7 Å². The Balaban J connectivity index is 2.28. The van der Waals surface area contributed by atoms with Crippen LogP contribution in [0.5, 0.6) is 0 Å². The van der Waals surface area contributed by atoms with E-state index in [0.29, 0.717) is 6.04 Å². The van der Waals surface area contributed by atoms with Crippen LogP contribution in [0.2, 0.25) is 0 Å². The molecule has 0 unspecified atom stereocenters. The summed E-state index contributed by atoms with van der Waals surface area (Å²) in [5.74, 6) is -0.730. The fourth-order valence-electron chi connectivity index (χ4n) is 2.47. The quantitative estimate of drug-likeness (QED) is 0.720. The first-order valence-corrected chi connectivity index (χ1v) is 5.29. The number of nitrogens with two attached hydrogens (primary N) is 1. The minimum absolute atomic E-state index is 0.243. The van der Waals surface area contributed by atoms with Crippen LogP contribution in [-0.2, 0) is 0 Å². The van der Waals surface area contributed by atoms with Crippen molar-refractivity contribution in [2.24, 2.45) is 0 Å². The second-order valence-electron chi connectivity index (χ2n) is 4.14. The molecule has 1 aliphatic carbocycles. The molecular formula is C12H15F2N. The second-order valence-corrected chi connectivity index (χ2v) is 4.14. The van der Waals surface area contributed by atoms with Crippen molar-refractivity contribution < 1.29 is 14.1 Å². The van der Waals surface area contributed by atoms with E-state index in [1.54, 1.807) is 0 Å². The summed E-state index contributed by atoms with van der Waals surface area (Å²) in [7, 11) is 3.78. The summed E-state index contributed by atoms with van der Waals surface area (Å²) in [6.45, 7) is 0. The summed E-state index contributed by atoms with van der Waals surface area (Å²) >= 11 is 0. The van der Waals surface area contributed by atoms with E-state index in [4.69, 9.17) is 0 Å². The predicted octanol–water partition coefficient (Wildman–Crippen LogP) is 1.96. The molecule has 0 spiro atoms. The van der Waals surface area contributed by atoms with Crippen LogP contribution in [0.4, 0.5) is 8.78 Å². The van der Waals surface area contributed by atoms with Crippen molar-refractivity contribution in [1.29, 1.82) is 0 Å². The van der Waals surface area contributed by atoms with Crippen LogP contribution in [-0.4, -0.2) is 6.04 Å². The largest absolute Gasteiger partial charge is 0.476 e. The second kappa shape index (κ2) is 4.27. The molecule has 0 radical (unpaired) electrons. The fourth-order valence-corrected chi connectivity index (χ4v) is 2.47. The Hall–Kier alpha value is -0.960. The molecule has 2 atom stereocenters. The number of benzene rings is 1. The molecule has 15 heavy (non-hydrogen) atoms. The molecule has 3 heteroatoms. The fraction of sp³-hybridized carbons (Fsp3) is 0.417. The van der Waals surface area contributed by atoms with Gasteiger partial charge in [0.2, 0.25) is 0 Å². The van der Waals surface area contributed by atoms with Crippen molar-refractivity contribution in [2.75, 3.05) is 0 Å². The average Bonchev–Trinajstić information content (AvgIpc) is 2.63. The topological polar surface area (TPSA) is 16.6 Å². The highest BCUT2D eigenvalue weighted by molar-refractivity contribution is 5.23. The van der Waals surface area contributed by atoms with Gasteiger partial charge in [-0.05, 0) is 37.0 Å². The van der Waals surface area contributed by atoms with Crippen molar-refractivity contribution in [2.45, 2.75) is 31.2 Å². The van der Waals surface area contributed by atoms with E-state index in [1.807, 2.05) is 5.32 Å². The minimum Gasteiger partial charge on any atom is -0.476 e. The van der Waals surface area contributed by atoms with Gasteiger partial charge in [-0.2, -0.15) is 7.05 Å². The standard InChI is InChI=1S/C12H15F2N/c1-15-12-4-2-3-11(12)8-5-9(13)7-10(14)6-8/h5-7,11-12H,1-4,15H2/t11-,12-/m1/s1. The lowest BCUT2D eigenvalue weighted by atomic mass is 9.94. The summed E-state index contributed by atoms with van der Waals surface area (Å²) < 4.78 is 26.1. The molecule has 0 bridgehead atoms. The Kier molecular flexibility index (Phi) is 3.00. The van der Waals surface area contributed by atoms with Gasteiger partial charge in [0.15, 0.2) is 0 Å². The normalized spacial score (nSPS) is 25.8. The number of hydrogen-bond donors (Lipinski definition) is 1. The van der Waals surface area contributed by atoms with Gasteiger partial charge in [0.1, 0.15) is 11.6 Å². The summed E-state index contributed by atoms with van der Waals surface area (Å²) in [5, 5.41) is 1.90. The molecule has 0 heterocycles. The predicted molar refractivity (Wildman–Crippen MR) is 54.0 cm³/mol. The zero-order valence-electron chi connectivity index (χ0n) is 8.55. The highest BCUT2D eigenvalue weighted by Crippen LogP contribution is 2.33. The maximum Gasteiger partial charge on any atom is 0.126 e. The van der Waals surface area contributed by atoms with E-state index < -0.39 is 11.6 Å². The third kappa shape index (κ3) is 2.17. The smallest absolute Gasteiger partial charge is 0.126 e. The van der Waals surface area contributed by atoms with Crippen LogP contribution in [0.25, 0.3) is 0 Å². The van der Waals surface area contributed by atoms with Crippen molar-refractivity contribution >= 4 is 0 Å². The number of rotatable bonds is 2. The molecule has 0 amide bonds. The summed E-state index contributed by atoms with van der Waals surface area (Å²) in [6, 6.07) is 4.16. The van der Waals surface area contributed by atoms with E-state index in [0.717, 1.165) is 30.9 Å². The van der Waals surface area contributed by atoms with Gasteiger partial charge < -0.3 is 5.32 Å². The van der Waals surface area contributed by atoms with Crippen LogP contribution in [0.3, 0.4) is 0 Å². The molecule has 1 fully saturated rings. The first kappa shape index (κ1) is 10.6. The first-order chi connectivity index (χ1) is 7.20. The van der Waals surface area contributed by atoms with E-state index >= 15 is 0 Å². The van der Waals surface area contributed by atoms with Crippen molar-refractivity contribution in [1.82, 2.24) is 0 Å². The molecule has 0 saturated heterocycles. The molecule has 1 aromatic rings. The molecule has 82 valence electrons. The zero-order chi connectivity index (χ0) is 10.8. The maximum absolute atomic E-state index is 13.0. The molecule has 1 aliphatic rings. The van der Waals surface area contributed by atoms with Gasteiger partial charge >= 0.3 is 0 Å². The lowest BCUT2D eigenvalue weighted by Crippen LogP contribution is -2.84. The van der Waals surface area contributed by atoms with E-state index in [-0.39, 0.29) is 5.92 Å². The Morgan fingerprint density at radius 1 is 1.13 bits per heavy atom. The van der Waals surface area contributed by atoms with E-state index in [2.05, 4.69) is 7.05 Å². The molecule has 2 N–H and O–H groups in total. The van der Waals surface area contributed by atoms with Crippen LogP contribution in [0, 0.1) is 18.7 Å². The highest BCUT2D eigenvalue weighted by atomic mass is 19.1. The Morgan fingerprint density at radius 3 is 2.40 bits per heavy atom. The van der Waals surface area contributed by atoms with E-state index in [9.17, 15) is 8.78 Å². The molecule has 0 aliphatic heterocycles. The number of hydrogen-bond acceptors (Lipinski definition) is 0. The number of quaternary nitrogens is 1. The number of halogens is 2. The molecule has 2 rings (SSSR count). The third-order valence-corrected chi connectivity index (χ3v) is 3.19. The lowest BCUT2D eigenvalue weighted by molar-refractivity contribution is -0.635. The van der Waals surface area contributed by atoms with Crippen molar-refractivity contribution in [3.8, 4) is 0 Å². The maximum atomic E-state index is 13.0. The lowest BCUT2D eigenvalue weighted by Gasteiger charge is -2.19. The average molecular weight is 211 g/mol.